The zero-order valence-electron chi connectivity index (χ0n) is 15.8. The molecule has 7 heteroatoms. The van der Waals surface area contributed by atoms with Crippen LogP contribution in [0.15, 0.2) is 6.07 Å². The van der Waals surface area contributed by atoms with Gasteiger partial charge in [-0.15, -0.1) is 0 Å². The van der Waals surface area contributed by atoms with E-state index < -0.39 is 5.60 Å². The third kappa shape index (κ3) is 5.29. The summed E-state index contributed by atoms with van der Waals surface area (Å²) in [5.41, 5.74) is 1.67. The second kappa shape index (κ2) is 8.47. The number of rotatable bonds is 7. The first-order chi connectivity index (χ1) is 11.8. The monoisotopic (exact) mass is 350 g/mol. The number of amides is 2. The van der Waals surface area contributed by atoms with Gasteiger partial charge >= 0.3 is 0 Å². The van der Waals surface area contributed by atoms with Gasteiger partial charge in [0.2, 0.25) is 11.8 Å². The van der Waals surface area contributed by atoms with Gasteiger partial charge in [-0.1, -0.05) is 0 Å². The number of aromatic nitrogens is 2. The van der Waals surface area contributed by atoms with Crippen LogP contribution in [-0.2, 0) is 20.9 Å². The van der Waals surface area contributed by atoms with Crippen LogP contribution in [0.4, 0.5) is 0 Å². The molecule has 0 radical (unpaired) electrons. The lowest BCUT2D eigenvalue weighted by Gasteiger charge is -2.41. The molecule has 0 saturated carbocycles. The van der Waals surface area contributed by atoms with Gasteiger partial charge in [-0.2, -0.15) is 5.10 Å². The molecule has 1 fully saturated rings. The Morgan fingerprint density at radius 2 is 2.16 bits per heavy atom. The van der Waals surface area contributed by atoms with E-state index in [1.165, 1.54) is 0 Å². The standard InChI is InChI=1S/C18H30N4O3/c1-14-12-15(2)22(20-14)11-9-19-17(24)6-8-18(25-4)7-5-10-21(13-18)16(3)23/h12H,5-11,13H2,1-4H3,(H,19,24)/t18-/m0/s1. The first-order valence-electron chi connectivity index (χ1n) is 8.94. The van der Waals surface area contributed by atoms with Crippen LogP contribution in [0, 0.1) is 13.8 Å². The Morgan fingerprint density at radius 1 is 1.40 bits per heavy atom. The second-order valence-electron chi connectivity index (χ2n) is 6.93. The van der Waals surface area contributed by atoms with E-state index in [-0.39, 0.29) is 11.8 Å². The summed E-state index contributed by atoms with van der Waals surface area (Å²) in [4.78, 5) is 25.6. The van der Waals surface area contributed by atoms with Gasteiger partial charge in [-0.25, -0.2) is 0 Å². The zero-order chi connectivity index (χ0) is 18.4. The molecule has 1 aromatic heterocycles. The van der Waals surface area contributed by atoms with E-state index in [0.29, 0.717) is 32.5 Å². The number of carbonyl (C=O) groups is 2. The van der Waals surface area contributed by atoms with Gasteiger partial charge in [-0.05, 0) is 39.2 Å². The molecule has 1 aliphatic rings. The number of aryl methyl sites for hydroxylation is 2. The fraction of sp³-hybridized carbons (Fsp3) is 0.722. The van der Waals surface area contributed by atoms with Crippen LogP contribution in [-0.4, -0.2) is 58.8 Å². The molecule has 1 aliphatic heterocycles. The average Bonchev–Trinajstić information content (AvgIpc) is 2.90. The van der Waals surface area contributed by atoms with E-state index in [1.54, 1.807) is 14.0 Å². The number of nitrogens with zero attached hydrogens (tertiary/aromatic N) is 3. The molecule has 25 heavy (non-hydrogen) atoms. The van der Waals surface area contributed by atoms with Gasteiger partial charge in [-0.3, -0.25) is 14.3 Å². The Hall–Kier alpha value is -1.89. The first-order valence-corrected chi connectivity index (χ1v) is 8.94. The van der Waals surface area contributed by atoms with Crippen molar-refractivity contribution >= 4 is 11.8 Å². The summed E-state index contributed by atoms with van der Waals surface area (Å²) in [6.07, 6.45) is 2.81. The molecular formula is C18H30N4O3. The molecule has 2 amide bonds. The van der Waals surface area contributed by atoms with Crippen molar-refractivity contribution in [3.8, 4) is 0 Å². The van der Waals surface area contributed by atoms with Crippen LogP contribution >= 0.6 is 0 Å². The highest BCUT2D eigenvalue weighted by molar-refractivity contribution is 5.76. The van der Waals surface area contributed by atoms with Crippen molar-refractivity contribution in [2.75, 3.05) is 26.7 Å². The minimum Gasteiger partial charge on any atom is -0.376 e. The Bertz CT molecular complexity index is 613. The summed E-state index contributed by atoms with van der Waals surface area (Å²) in [6, 6.07) is 2.02. The maximum absolute atomic E-state index is 12.2. The molecule has 2 rings (SSSR count). The number of nitrogens with one attached hydrogen (secondary N) is 1. The van der Waals surface area contributed by atoms with Gasteiger partial charge in [0.25, 0.3) is 0 Å². The maximum Gasteiger partial charge on any atom is 0.220 e. The number of hydrogen-bond acceptors (Lipinski definition) is 4. The predicted molar refractivity (Wildman–Crippen MR) is 95.2 cm³/mol. The molecule has 1 N–H and O–H groups in total. The Labute approximate surface area is 149 Å². The predicted octanol–water partition coefficient (Wildman–Crippen LogP) is 1.42. The van der Waals surface area contributed by atoms with Gasteiger partial charge in [0.05, 0.1) is 17.8 Å². The van der Waals surface area contributed by atoms with E-state index in [4.69, 9.17) is 4.74 Å². The molecule has 1 atom stereocenters. The number of hydrogen-bond donors (Lipinski definition) is 1. The van der Waals surface area contributed by atoms with Crippen molar-refractivity contribution in [1.29, 1.82) is 0 Å². The summed E-state index contributed by atoms with van der Waals surface area (Å²) in [6.45, 7) is 8.11. The largest absolute Gasteiger partial charge is 0.376 e. The van der Waals surface area contributed by atoms with Crippen molar-refractivity contribution in [2.45, 2.75) is 58.6 Å². The van der Waals surface area contributed by atoms with E-state index in [0.717, 1.165) is 30.8 Å². The Morgan fingerprint density at radius 3 is 2.76 bits per heavy atom. The van der Waals surface area contributed by atoms with Gasteiger partial charge in [0, 0.05) is 45.8 Å². The summed E-state index contributed by atoms with van der Waals surface area (Å²) in [7, 11) is 1.67. The lowest BCUT2D eigenvalue weighted by Crippen LogP contribution is -2.51. The highest BCUT2D eigenvalue weighted by atomic mass is 16.5. The lowest BCUT2D eigenvalue weighted by atomic mass is 9.87. The van der Waals surface area contributed by atoms with Crippen molar-refractivity contribution < 1.29 is 14.3 Å². The van der Waals surface area contributed by atoms with Crippen molar-refractivity contribution in [2.24, 2.45) is 0 Å². The second-order valence-corrected chi connectivity index (χ2v) is 6.93. The number of piperidine rings is 1. The highest BCUT2D eigenvalue weighted by Crippen LogP contribution is 2.29. The molecule has 1 aromatic rings. The normalized spacial score (nSPS) is 20.6. The van der Waals surface area contributed by atoms with E-state index in [9.17, 15) is 9.59 Å². The fourth-order valence-corrected chi connectivity index (χ4v) is 3.47. The molecule has 0 aromatic carbocycles. The summed E-state index contributed by atoms with van der Waals surface area (Å²) < 4.78 is 7.61. The number of methoxy groups -OCH3 is 1. The molecule has 0 bridgehead atoms. The quantitative estimate of drug-likeness (QED) is 0.807. The third-order valence-corrected chi connectivity index (χ3v) is 4.97. The Balaban J connectivity index is 1.77. The lowest BCUT2D eigenvalue weighted by molar-refractivity contribution is -0.139. The summed E-state index contributed by atoms with van der Waals surface area (Å²) >= 11 is 0. The molecule has 140 valence electrons. The topological polar surface area (TPSA) is 76.5 Å². The van der Waals surface area contributed by atoms with Crippen molar-refractivity contribution in [3.63, 3.8) is 0 Å². The van der Waals surface area contributed by atoms with Gasteiger partial charge in [0.15, 0.2) is 0 Å². The van der Waals surface area contributed by atoms with Gasteiger partial charge in [0.1, 0.15) is 0 Å². The molecule has 0 unspecified atom stereocenters. The number of ether oxygens (including phenoxy) is 1. The first kappa shape index (κ1) is 19.4. The van der Waals surface area contributed by atoms with Crippen LogP contribution < -0.4 is 5.32 Å². The number of carbonyl (C=O) groups excluding carboxylic acids is 2. The average molecular weight is 350 g/mol. The molecule has 7 nitrogen and oxygen atoms in total. The van der Waals surface area contributed by atoms with Crippen molar-refractivity contribution in [3.05, 3.63) is 17.5 Å². The number of likely N-dealkylation sites (tertiary alicyclic amines) is 1. The fourth-order valence-electron chi connectivity index (χ4n) is 3.47. The maximum atomic E-state index is 12.2. The summed E-state index contributed by atoms with van der Waals surface area (Å²) in [5, 5.41) is 7.33. The van der Waals surface area contributed by atoms with Crippen LogP contribution in [0.3, 0.4) is 0 Å². The van der Waals surface area contributed by atoms with Crippen LogP contribution in [0.5, 0.6) is 0 Å². The SMILES string of the molecule is CO[C@]1(CCC(=O)NCCn2nc(C)cc2C)CCCN(C(C)=O)C1. The molecule has 2 heterocycles. The van der Waals surface area contributed by atoms with E-state index in [2.05, 4.69) is 10.4 Å². The Kier molecular flexibility index (Phi) is 6.58. The minimum atomic E-state index is -0.406. The van der Waals surface area contributed by atoms with E-state index in [1.807, 2.05) is 29.5 Å². The van der Waals surface area contributed by atoms with E-state index >= 15 is 0 Å². The molecule has 0 spiro atoms. The zero-order valence-corrected chi connectivity index (χ0v) is 15.8. The summed E-state index contributed by atoms with van der Waals surface area (Å²) in [5.74, 6) is 0.0772. The minimum absolute atomic E-state index is 0.0119. The van der Waals surface area contributed by atoms with Crippen LogP contribution in [0.1, 0.15) is 44.0 Å². The van der Waals surface area contributed by atoms with Crippen LogP contribution in [0.2, 0.25) is 0 Å². The molecular weight excluding hydrogens is 320 g/mol. The molecule has 0 aliphatic carbocycles. The van der Waals surface area contributed by atoms with Gasteiger partial charge < -0.3 is 15.0 Å². The van der Waals surface area contributed by atoms with Crippen molar-refractivity contribution in [1.82, 2.24) is 20.0 Å². The molecule has 1 saturated heterocycles. The van der Waals surface area contributed by atoms with Crippen LogP contribution in [0.25, 0.3) is 0 Å². The smallest absolute Gasteiger partial charge is 0.220 e. The highest BCUT2D eigenvalue weighted by Gasteiger charge is 2.36. The third-order valence-electron chi connectivity index (χ3n) is 4.97.